The molecule has 0 spiro atoms. The van der Waals surface area contributed by atoms with Crippen molar-refractivity contribution in [2.75, 3.05) is 21.1 Å². The lowest BCUT2D eigenvalue weighted by Crippen LogP contribution is -2.38. The van der Waals surface area contributed by atoms with Crippen molar-refractivity contribution >= 4 is 11.3 Å². The van der Waals surface area contributed by atoms with Crippen LogP contribution in [0.1, 0.15) is 23.7 Å². The zero-order chi connectivity index (χ0) is 11.5. The second-order valence-electron chi connectivity index (χ2n) is 4.77. The molecular weight excluding hydrogens is 206 g/mol. The van der Waals surface area contributed by atoms with Gasteiger partial charge in [0.2, 0.25) is 0 Å². The highest BCUT2D eigenvalue weighted by atomic mass is 32.1. The van der Waals surface area contributed by atoms with E-state index < -0.39 is 0 Å². The van der Waals surface area contributed by atoms with Gasteiger partial charge in [-0.05, 0) is 35.0 Å². The fourth-order valence-electron chi connectivity index (χ4n) is 1.28. The van der Waals surface area contributed by atoms with E-state index in [-0.39, 0.29) is 5.54 Å². The van der Waals surface area contributed by atoms with Crippen molar-refractivity contribution in [3.8, 4) is 0 Å². The molecule has 86 valence electrons. The molecule has 0 aliphatic carbocycles. The molecule has 1 aromatic rings. The molecule has 0 aromatic carbocycles. The normalized spacial score (nSPS) is 12.4. The Morgan fingerprint density at radius 2 is 2.13 bits per heavy atom. The third kappa shape index (κ3) is 4.28. The van der Waals surface area contributed by atoms with Crippen molar-refractivity contribution in [1.82, 2.24) is 15.2 Å². The van der Waals surface area contributed by atoms with E-state index in [0.29, 0.717) is 0 Å². The summed E-state index contributed by atoms with van der Waals surface area (Å²) in [4.78, 5) is 7.96. The van der Waals surface area contributed by atoms with Crippen molar-refractivity contribution in [1.29, 1.82) is 0 Å². The number of nitrogens with one attached hydrogen (secondary N) is 1. The average Bonchev–Trinajstić information content (AvgIpc) is 2.50. The summed E-state index contributed by atoms with van der Waals surface area (Å²) in [6, 6.07) is 0. The molecule has 0 saturated heterocycles. The van der Waals surface area contributed by atoms with Crippen molar-refractivity contribution in [2.45, 2.75) is 32.4 Å². The van der Waals surface area contributed by atoms with E-state index >= 15 is 0 Å². The molecule has 1 N–H and O–H groups in total. The van der Waals surface area contributed by atoms with Gasteiger partial charge in [0.15, 0.2) is 0 Å². The van der Waals surface area contributed by atoms with Gasteiger partial charge in [-0.15, -0.1) is 11.3 Å². The smallest absolute Gasteiger partial charge is 0.0946 e. The van der Waals surface area contributed by atoms with Crippen molar-refractivity contribution in [3.63, 3.8) is 0 Å². The van der Waals surface area contributed by atoms with Gasteiger partial charge >= 0.3 is 0 Å². The van der Waals surface area contributed by atoms with Gasteiger partial charge in [-0.1, -0.05) is 0 Å². The number of hydrogen-bond donors (Lipinski definition) is 1. The van der Waals surface area contributed by atoms with Crippen LogP contribution in [-0.4, -0.2) is 36.6 Å². The molecule has 0 amide bonds. The van der Waals surface area contributed by atoms with Gasteiger partial charge in [0.25, 0.3) is 0 Å². The Morgan fingerprint density at radius 3 is 2.67 bits per heavy atom. The van der Waals surface area contributed by atoms with Crippen LogP contribution in [0.2, 0.25) is 0 Å². The maximum atomic E-state index is 4.45. The highest BCUT2D eigenvalue weighted by Crippen LogP contribution is 2.19. The predicted octanol–water partition coefficient (Wildman–Crippen LogP) is 1.75. The quantitative estimate of drug-likeness (QED) is 0.830. The van der Waals surface area contributed by atoms with Crippen LogP contribution >= 0.6 is 11.3 Å². The number of hydrogen-bond acceptors (Lipinski definition) is 4. The second-order valence-corrected chi connectivity index (χ2v) is 5.97. The molecule has 0 atom stereocenters. The van der Waals surface area contributed by atoms with Gasteiger partial charge in [-0.25, -0.2) is 4.98 Å². The summed E-state index contributed by atoms with van der Waals surface area (Å²) >= 11 is 1.81. The Kier molecular flexibility index (Phi) is 4.25. The molecule has 0 fully saturated rings. The number of thiazole rings is 1. The summed E-state index contributed by atoms with van der Waals surface area (Å²) in [5.41, 5.74) is 0.132. The molecule has 3 nitrogen and oxygen atoms in total. The summed E-state index contributed by atoms with van der Waals surface area (Å²) in [6.45, 7) is 5.37. The second kappa shape index (κ2) is 5.05. The zero-order valence-electron chi connectivity index (χ0n) is 10.3. The Balaban J connectivity index is 2.60. The molecule has 1 heterocycles. The van der Waals surface area contributed by atoms with Gasteiger partial charge in [-0.2, -0.15) is 0 Å². The van der Waals surface area contributed by atoms with Gasteiger partial charge in [0, 0.05) is 29.6 Å². The Hall–Kier alpha value is -0.450. The van der Waals surface area contributed by atoms with E-state index in [1.54, 1.807) is 0 Å². The average molecular weight is 227 g/mol. The Bertz CT molecular complexity index is 305. The van der Waals surface area contributed by atoms with Crippen molar-refractivity contribution in [2.24, 2.45) is 0 Å². The minimum atomic E-state index is 0.132. The van der Waals surface area contributed by atoms with Crippen LogP contribution in [0.4, 0.5) is 0 Å². The van der Waals surface area contributed by atoms with Gasteiger partial charge in [0.1, 0.15) is 0 Å². The molecule has 0 radical (unpaired) electrons. The van der Waals surface area contributed by atoms with Gasteiger partial charge in [-0.3, -0.25) is 0 Å². The summed E-state index contributed by atoms with van der Waals surface area (Å²) in [5, 5.41) is 4.51. The highest BCUT2D eigenvalue weighted by molar-refractivity contribution is 7.11. The van der Waals surface area contributed by atoms with Crippen LogP contribution in [0, 0.1) is 0 Å². The zero-order valence-corrected chi connectivity index (χ0v) is 11.1. The third-order valence-electron chi connectivity index (χ3n) is 2.34. The molecule has 15 heavy (non-hydrogen) atoms. The minimum absolute atomic E-state index is 0.132. The first-order valence-electron chi connectivity index (χ1n) is 5.20. The number of aromatic nitrogens is 1. The number of nitrogens with zero attached hydrogens (tertiary/aromatic N) is 2. The summed E-state index contributed by atoms with van der Waals surface area (Å²) < 4.78 is 0. The van der Waals surface area contributed by atoms with Crippen molar-refractivity contribution < 1.29 is 0 Å². The van der Waals surface area contributed by atoms with Crippen LogP contribution in [0.15, 0.2) is 6.20 Å². The summed E-state index contributed by atoms with van der Waals surface area (Å²) in [7, 11) is 6.15. The van der Waals surface area contributed by atoms with E-state index in [1.165, 1.54) is 9.88 Å². The summed E-state index contributed by atoms with van der Waals surface area (Å²) in [5.74, 6) is 0. The standard InChI is InChI=1S/C11H21N3S/c1-11(2,12-3)6-10-13-7-9(15-10)8-14(4)5/h7,12H,6,8H2,1-5H3. The fraction of sp³-hybridized carbons (Fsp3) is 0.727. The van der Waals surface area contributed by atoms with Crippen LogP contribution in [-0.2, 0) is 13.0 Å². The maximum Gasteiger partial charge on any atom is 0.0946 e. The van der Waals surface area contributed by atoms with E-state index in [1.807, 2.05) is 24.6 Å². The number of likely N-dealkylation sites (N-methyl/N-ethyl adjacent to an activating group) is 1. The van der Waals surface area contributed by atoms with E-state index in [4.69, 9.17) is 0 Å². The summed E-state index contributed by atoms with van der Waals surface area (Å²) in [6.07, 6.45) is 2.98. The number of rotatable bonds is 5. The van der Waals surface area contributed by atoms with E-state index in [2.05, 4.69) is 43.1 Å². The molecule has 1 aromatic heterocycles. The SMILES string of the molecule is CNC(C)(C)Cc1ncc(CN(C)C)s1. The lowest BCUT2D eigenvalue weighted by Gasteiger charge is -2.22. The monoisotopic (exact) mass is 227 g/mol. The van der Waals surface area contributed by atoms with Crippen LogP contribution in [0.3, 0.4) is 0 Å². The molecule has 0 bridgehead atoms. The van der Waals surface area contributed by atoms with Crippen molar-refractivity contribution in [3.05, 3.63) is 16.1 Å². The predicted molar refractivity (Wildman–Crippen MR) is 66.3 cm³/mol. The molecule has 0 saturated carbocycles. The highest BCUT2D eigenvalue weighted by Gasteiger charge is 2.17. The lowest BCUT2D eigenvalue weighted by molar-refractivity contribution is 0.406. The fourth-order valence-corrected chi connectivity index (χ4v) is 2.55. The van der Waals surface area contributed by atoms with Crippen LogP contribution < -0.4 is 5.32 Å². The lowest BCUT2D eigenvalue weighted by atomic mass is 10.0. The van der Waals surface area contributed by atoms with E-state index in [0.717, 1.165) is 13.0 Å². The maximum absolute atomic E-state index is 4.45. The topological polar surface area (TPSA) is 28.2 Å². The van der Waals surface area contributed by atoms with E-state index in [9.17, 15) is 0 Å². The van der Waals surface area contributed by atoms with Gasteiger partial charge < -0.3 is 10.2 Å². The third-order valence-corrected chi connectivity index (χ3v) is 3.33. The Labute approximate surface area is 96.5 Å². The minimum Gasteiger partial charge on any atom is -0.314 e. The van der Waals surface area contributed by atoms with Crippen LogP contribution in [0.25, 0.3) is 0 Å². The first kappa shape index (κ1) is 12.6. The largest absolute Gasteiger partial charge is 0.314 e. The first-order valence-corrected chi connectivity index (χ1v) is 6.02. The molecule has 1 rings (SSSR count). The first-order chi connectivity index (χ1) is 6.93. The molecule has 0 aliphatic rings. The molecule has 0 aliphatic heterocycles. The van der Waals surface area contributed by atoms with Crippen LogP contribution in [0.5, 0.6) is 0 Å². The molecular formula is C11H21N3S. The molecule has 0 unspecified atom stereocenters. The Morgan fingerprint density at radius 1 is 1.47 bits per heavy atom. The molecule has 4 heteroatoms. The van der Waals surface area contributed by atoms with Gasteiger partial charge in [0.05, 0.1) is 5.01 Å².